The monoisotopic (exact) mass is 365 g/mol. The van der Waals surface area contributed by atoms with E-state index in [4.69, 9.17) is 0 Å². The van der Waals surface area contributed by atoms with Gasteiger partial charge in [0.2, 0.25) is 5.91 Å². The third-order valence-corrected chi connectivity index (χ3v) is 4.34. The number of para-hydroxylation sites is 1. The van der Waals surface area contributed by atoms with Crippen molar-refractivity contribution in [2.24, 2.45) is 0 Å². The van der Waals surface area contributed by atoms with Crippen molar-refractivity contribution in [2.75, 3.05) is 0 Å². The van der Waals surface area contributed by atoms with E-state index in [9.17, 15) is 9.59 Å². The van der Waals surface area contributed by atoms with Crippen molar-refractivity contribution in [1.82, 2.24) is 25.2 Å². The number of carbonyl (C=O) groups is 2. The van der Waals surface area contributed by atoms with Crippen LogP contribution >= 0.6 is 0 Å². The molecule has 0 radical (unpaired) electrons. The highest BCUT2D eigenvalue weighted by molar-refractivity contribution is 5.96. The zero-order valence-electron chi connectivity index (χ0n) is 15.7. The number of rotatable bonds is 5. The summed E-state index contributed by atoms with van der Waals surface area (Å²) in [6.45, 7) is 6.23. The van der Waals surface area contributed by atoms with E-state index in [1.54, 1.807) is 10.9 Å². The number of hydrazine groups is 1. The minimum atomic E-state index is -0.339. The summed E-state index contributed by atoms with van der Waals surface area (Å²) in [5.74, 6) is -0.609. The molecule has 2 N–H and O–H groups in total. The van der Waals surface area contributed by atoms with Gasteiger partial charge in [-0.3, -0.25) is 25.1 Å². The van der Waals surface area contributed by atoms with E-state index in [-0.39, 0.29) is 18.2 Å². The molecule has 2 aromatic heterocycles. The molecular formula is C20H23N5O2. The molecule has 27 heavy (non-hydrogen) atoms. The number of hydrogen-bond donors (Lipinski definition) is 2. The third kappa shape index (κ3) is 4.25. The van der Waals surface area contributed by atoms with Gasteiger partial charge in [-0.2, -0.15) is 5.10 Å². The van der Waals surface area contributed by atoms with E-state index in [2.05, 4.69) is 16.0 Å². The van der Waals surface area contributed by atoms with Gasteiger partial charge in [0, 0.05) is 36.2 Å². The Morgan fingerprint density at radius 2 is 1.81 bits per heavy atom. The SMILES string of the molecule is Cc1cnn(CCC(=O)NNC(=O)c2cc(C)n(-c3ccccc3)c2C)c1. The second-order valence-corrected chi connectivity index (χ2v) is 6.49. The van der Waals surface area contributed by atoms with E-state index in [1.807, 2.05) is 67.9 Å². The van der Waals surface area contributed by atoms with E-state index >= 15 is 0 Å². The highest BCUT2D eigenvalue weighted by Gasteiger charge is 2.17. The smallest absolute Gasteiger partial charge is 0.271 e. The fraction of sp³-hybridized carbons (Fsp3) is 0.250. The van der Waals surface area contributed by atoms with Gasteiger partial charge in [0.25, 0.3) is 5.91 Å². The Kier molecular flexibility index (Phi) is 5.40. The molecule has 0 aliphatic rings. The lowest BCUT2D eigenvalue weighted by molar-refractivity contribution is -0.122. The second-order valence-electron chi connectivity index (χ2n) is 6.49. The van der Waals surface area contributed by atoms with Crippen LogP contribution in [-0.2, 0) is 11.3 Å². The van der Waals surface area contributed by atoms with Crippen LogP contribution in [0.15, 0.2) is 48.8 Å². The molecule has 0 saturated heterocycles. The zero-order valence-corrected chi connectivity index (χ0v) is 15.7. The number of amides is 2. The molecule has 0 fully saturated rings. The largest absolute Gasteiger partial charge is 0.318 e. The van der Waals surface area contributed by atoms with Gasteiger partial charge in [-0.15, -0.1) is 0 Å². The van der Waals surface area contributed by atoms with Crippen LogP contribution in [0.2, 0.25) is 0 Å². The van der Waals surface area contributed by atoms with Gasteiger partial charge < -0.3 is 4.57 Å². The Labute approximate surface area is 158 Å². The van der Waals surface area contributed by atoms with Gasteiger partial charge in [-0.1, -0.05) is 18.2 Å². The van der Waals surface area contributed by atoms with Crippen molar-refractivity contribution in [2.45, 2.75) is 33.7 Å². The highest BCUT2D eigenvalue weighted by atomic mass is 16.2. The Morgan fingerprint density at radius 3 is 2.48 bits per heavy atom. The van der Waals surface area contributed by atoms with Gasteiger partial charge in [0.05, 0.1) is 11.8 Å². The Balaban J connectivity index is 1.60. The fourth-order valence-electron chi connectivity index (χ4n) is 3.03. The quantitative estimate of drug-likeness (QED) is 0.682. The summed E-state index contributed by atoms with van der Waals surface area (Å²) in [4.78, 5) is 24.5. The molecule has 3 aromatic rings. The summed E-state index contributed by atoms with van der Waals surface area (Å²) in [6.07, 6.45) is 3.83. The Hall–Kier alpha value is -3.35. The molecule has 0 aliphatic carbocycles. The summed E-state index contributed by atoms with van der Waals surface area (Å²) >= 11 is 0. The van der Waals surface area contributed by atoms with E-state index in [1.165, 1.54) is 0 Å². The summed E-state index contributed by atoms with van der Waals surface area (Å²) < 4.78 is 3.71. The Bertz CT molecular complexity index is 956. The van der Waals surface area contributed by atoms with Gasteiger partial charge in [-0.05, 0) is 44.5 Å². The standard InChI is InChI=1S/C20H23N5O2/c1-14-12-21-24(13-14)10-9-19(26)22-23-20(27)18-11-15(2)25(16(18)3)17-7-5-4-6-8-17/h4-8,11-13H,9-10H2,1-3H3,(H,22,26)(H,23,27). The lowest BCUT2D eigenvalue weighted by Gasteiger charge is -2.10. The van der Waals surface area contributed by atoms with Gasteiger partial charge >= 0.3 is 0 Å². The first-order valence-electron chi connectivity index (χ1n) is 8.78. The molecule has 3 rings (SSSR count). The normalized spacial score (nSPS) is 10.6. The van der Waals surface area contributed by atoms with Gasteiger partial charge in [0.15, 0.2) is 0 Å². The number of benzene rings is 1. The number of hydrogen-bond acceptors (Lipinski definition) is 3. The second kappa shape index (κ2) is 7.90. The first-order valence-corrected chi connectivity index (χ1v) is 8.78. The van der Waals surface area contributed by atoms with E-state index in [0.29, 0.717) is 12.1 Å². The van der Waals surface area contributed by atoms with Crippen molar-refractivity contribution in [3.05, 3.63) is 71.3 Å². The number of aryl methyl sites for hydroxylation is 3. The molecule has 140 valence electrons. The summed E-state index contributed by atoms with van der Waals surface area (Å²) in [5.41, 5.74) is 9.28. The minimum Gasteiger partial charge on any atom is -0.318 e. The number of nitrogens with zero attached hydrogens (tertiary/aromatic N) is 3. The molecule has 2 amide bonds. The molecular weight excluding hydrogens is 342 g/mol. The van der Waals surface area contributed by atoms with Crippen molar-refractivity contribution >= 4 is 11.8 Å². The summed E-state index contributed by atoms with van der Waals surface area (Å²) in [6, 6.07) is 11.6. The average molecular weight is 365 g/mol. The van der Waals surface area contributed by atoms with Crippen LogP contribution in [0.3, 0.4) is 0 Å². The predicted molar refractivity (Wildman–Crippen MR) is 102 cm³/mol. The highest BCUT2D eigenvalue weighted by Crippen LogP contribution is 2.20. The van der Waals surface area contributed by atoms with Crippen molar-refractivity contribution in [3.8, 4) is 5.69 Å². The fourth-order valence-corrected chi connectivity index (χ4v) is 3.03. The number of nitrogens with one attached hydrogen (secondary N) is 2. The van der Waals surface area contributed by atoms with Crippen molar-refractivity contribution in [1.29, 1.82) is 0 Å². The third-order valence-electron chi connectivity index (χ3n) is 4.34. The molecule has 2 heterocycles. The van der Waals surface area contributed by atoms with Crippen molar-refractivity contribution < 1.29 is 9.59 Å². The zero-order chi connectivity index (χ0) is 19.4. The molecule has 0 saturated carbocycles. The van der Waals surface area contributed by atoms with Crippen LogP contribution in [0.5, 0.6) is 0 Å². The molecule has 1 aromatic carbocycles. The van der Waals surface area contributed by atoms with Crippen LogP contribution in [0.4, 0.5) is 0 Å². The van der Waals surface area contributed by atoms with E-state index in [0.717, 1.165) is 22.6 Å². The Morgan fingerprint density at radius 1 is 1.07 bits per heavy atom. The molecule has 0 spiro atoms. The maximum absolute atomic E-state index is 12.5. The number of carbonyl (C=O) groups excluding carboxylic acids is 2. The summed E-state index contributed by atoms with van der Waals surface area (Å²) in [7, 11) is 0. The molecule has 7 nitrogen and oxygen atoms in total. The topological polar surface area (TPSA) is 81.0 Å². The maximum Gasteiger partial charge on any atom is 0.271 e. The van der Waals surface area contributed by atoms with Crippen molar-refractivity contribution in [3.63, 3.8) is 0 Å². The molecule has 0 atom stereocenters. The first-order chi connectivity index (χ1) is 13.0. The molecule has 0 unspecified atom stereocenters. The van der Waals surface area contributed by atoms with Gasteiger partial charge in [0.1, 0.15) is 0 Å². The minimum absolute atomic E-state index is 0.227. The maximum atomic E-state index is 12.5. The van der Waals surface area contributed by atoms with Crippen LogP contribution in [0.25, 0.3) is 5.69 Å². The lowest BCUT2D eigenvalue weighted by Crippen LogP contribution is -2.42. The molecule has 7 heteroatoms. The van der Waals surface area contributed by atoms with Crippen LogP contribution in [0.1, 0.15) is 33.7 Å². The van der Waals surface area contributed by atoms with Gasteiger partial charge in [-0.25, -0.2) is 0 Å². The van der Waals surface area contributed by atoms with Crippen LogP contribution in [-0.4, -0.2) is 26.2 Å². The molecule has 0 aliphatic heterocycles. The lowest BCUT2D eigenvalue weighted by atomic mass is 10.2. The molecule has 0 bridgehead atoms. The van der Waals surface area contributed by atoms with Crippen LogP contribution in [0, 0.1) is 20.8 Å². The van der Waals surface area contributed by atoms with Crippen LogP contribution < -0.4 is 10.9 Å². The predicted octanol–water partition coefficient (Wildman–Crippen LogP) is 2.45. The first kappa shape index (κ1) is 18.4. The average Bonchev–Trinajstić information content (AvgIpc) is 3.21. The van der Waals surface area contributed by atoms with E-state index < -0.39 is 0 Å². The summed E-state index contributed by atoms with van der Waals surface area (Å²) in [5, 5.41) is 4.13. The number of aromatic nitrogens is 3.